The third-order valence-corrected chi connectivity index (χ3v) is 7.18. The van der Waals surface area contributed by atoms with Gasteiger partial charge in [-0.25, -0.2) is 0 Å². The molecule has 2 amide bonds. The van der Waals surface area contributed by atoms with Crippen molar-refractivity contribution in [2.75, 3.05) is 13.1 Å². The van der Waals surface area contributed by atoms with Crippen LogP contribution in [-0.2, 0) is 20.0 Å². The van der Waals surface area contributed by atoms with E-state index in [2.05, 4.69) is 5.32 Å². The van der Waals surface area contributed by atoms with E-state index in [-0.39, 0.29) is 35.9 Å². The second-order valence-electron chi connectivity index (χ2n) is 9.97. The Morgan fingerprint density at radius 1 is 1.23 bits per heavy atom. The molecule has 2 unspecified atom stereocenters. The molecule has 0 spiro atoms. The zero-order valence-corrected chi connectivity index (χ0v) is 19.5. The van der Waals surface area contributed by atoms with E-state index in [9.17, 15) is 19.5 Å². The monoisotopic (exact) mass is 448 g/mol. The first-order chi connectivity index (χ1) is 14.4. The highest BCUT2D eigenvalue weighted by Crippen LogP contribution is 2.46. The van der Waals surface area contributed by atoms with E-state index in [1.54, 1.807) is 17.0 Å². The molecule has 6 nitrogen and oxygen atoms in total. The average Bonchev–Trinajstić information content (AvgIpc) is 3.14. The summed E-state index contributed by atoms with van der Waals surface area (Å²) in [7, 11) is 0. The van der Waals surface area contributed by atoms with Crippen LogP contribution in [0.5, 0.6) is 0 Å². The fourth-order valence-electron chi connectivity index (χ4n) is 4.79. The fraction of sp³-hybridized carbons (Fsp3) is 0.625. The first kappa shape index (κ1) is 23.7. The number of rotatable bonds is 5. The summed E-state index contributed by atoms with van der Waals surface area (Å²) >= 11 is 6.01. The van der Waals surface area contributed by atoms with Crippen LogP contribution >= 0.6 is 11.6 Å². The fourth-order valence-corrected chi connectivity index (χ4v) is 4.92. The van der Waals surface area contributed by atoms with Crippen LogP contribution < -0.4 is 5.32 Å². The number of aliphatic hydroxyl groups is 1. The Morgan fingerprint density at radius 3 is 2.39 bits per heavy atom. The highest BCUT2D eigenvalue weighted by atomic mass is 35.5. The number of hydrogen-bond donors (Lipinski definition) is 2. The molecule has 1 saturated heterocycles. The summed E-state index contributed by atoms with van der Waals surface area (Å²) in [6.45, 7) is 8.47. The maximum Gasteiger partial charge on any atom is 0.245 e. The third kappa shape index (κ3) is 4.80. The highest BCUT2D eigenvalue weighted by molar-refractivity contribution is 6.30. The number of likely N-dealkylation sites (tertiary alicyclic amines) is 1. The zero-order valence-electron chi connectivity index (χ0n) is 18.8. The first-order valence-electron chi connectivity index (χ1n) is 11.0. The van der Waals surface area contributed by atoms with Gasteiger partial charge in [0.15, 0.2) is 0 Å². The van der Waals surface area contributed by atoms with Gasteiger partial charge in [-0.15, -0.1) is 0 Å². The molecule has 0 bridgehead atoms. The topological polar surface area (TPSA) is 86.7 Å². The predicted octanol–water partition coefficient (Wildman–Crippen LogP) is 3.30. The lowest BCUT2D eigenvalue weighted by atomic mass is 9.66. The number of ketones is 1. The number of hydrogen-bond acceptors (Lipinski definition) is 4. The number of carbonyl (C=O) groups excluding carboxylic acids is 3. The molecule has 3 rings (SSSR count). The van der Waals surface area contributed by atoms with Crippen molar-refractivity contribution in [3.05, 3.63) is 34.9 Å². The summed E-state index contributed by atoms with van der Waals surface area (Å²) in [5.41, 5.74) is -0.901. The largest absolute Gasteiger partial charge is 0.384 e. The summed E-state index contributed by atoms with van der Waals surface area (Å²) in [6.07, 6.45) is 1.63. The molecule has 2 N–H and O–H groups in total. The number of nitrogens with zero attached hydrogens (tertiary/aromatic N) is 1. The normalized spacial score (nSPS) is 26.7. The molecule has 1 heterocycles. The minimum absolute atomic E-state index is 0.0891. The zero-order chi connectivity index (χ0) is 23.0. The van der Waals surface area contributed by atoms with Gasteiger partial charge in [0.05, 0.1) is 5.60 Å². The van der Waals surface area contributed by atoms with E-state index in [0.717, 1.165) is 5.56 Å². The van der Waals surface area contributed by atoms with Crippen molar-refractivity contribution in [2.45, 2.75) is 65.0 Å². The lowest BCUT2D eigenvalue weighted by Gasteiger charge is -2.51. The van der Waals surface area contributed by atoms with Crippen LogP contribution in [0.2, 0.25) is 5.02 Å². The van der Waals surface area contributed by atoms with Crippen LogP contribution in [0.1, 0.15) is 58.9 Å². The van der Waals surface area contributed by atoms with Gasteiger partial charge in [-0.1, -0.05) is 51.4 Å². The van der Waals surface area contributed by atoms with Gasteiger partial charge in [0, 0.05) is 42.3 Å². The van der Waals surface area contributed by atoms with E-state index >= 15 is 0 Å². The third-order valence-electron chi connectivity index (χ3n) is 6.93. The van der Waals surface area contributed by atoms with Crippen LogP contribution in [0.4, 0.5) is 0 Å². The van der Waals surface area contributed by atoms with Crippen LogP contribution in [-0.4, -0.2) is 46.7 Å². The van der Waals surface area contributed by atoms with E-state index in [1.807, 2.05) is 39.8 Å². The molecule has 1 aromatic carbocycles. The average molecular weight is 449 g/mol. The Morgan fingerprint density at radius 2 is 1.87 bits per heavy atom. The van der Waals surface area contributed by atoms with Crippen molar-refractivity contribution in [2.24, 2.45) is 17.3 Å². The Labute approximate surface area is 189 Å². The minimum Gasteiger partial charge on any atom is -0.384 e. The smallest absolute Gasteiger partial charge is 0.245 e. The molecule has 0 aromatic heterocycles. The van der Waals surface area contributed by atoms with Crippen LogP contribution in [0, 0.1) is 17.3 Å². The number of nitrogens with one attached hydrogen (secondary N) is 1. The summed E-state index contributed by atoms with van der Waals surface area (Å²) in [6, 6.07) is 6.55. The molecule has 0 radical (unpaired) electrons. The number of carbonyl (C=O) groups is 3. The van der Waals surface area contributed by atoms with E-state index in [4.69, 9.17) is 11.6 Å². The molecule has 31 heavy (non-hydrogen) atoms. The van der Waals surface area contributed by atoms with Gasteiger partial charge in [-0.05, 0) is 36.5 Å². The SMILES string of the molecule is CC(C)C(NC(=O)[C@@H]1CCC(=O)C1)C(=O)N1CCC(O)(c2ccc(Cl)cc2)C(C)(C)C1. The number of benzene rings is 1. The van der Waals surface area contributed by atoms with Crippen molar-refractivity contribution < 1.29 is 19.5 Å². The highest BCUT2D eigenvalue weighted by Gasteiger charge is 2.50. The molecular weight excluding hydrogens is 416 g/mol. The molecule has 170 valence electrons. The summed E-state index contributed by atoms with van der Waals surface area (Å²) in [5.74, 6) is -0.680. The van der Waals surface area contributed by atoms with Gasteiger partial charge in [-0.3, -0.25) is 14.4 Å². The number of piperidine rings is 1. The minimum atomic E-state index is -1.09. The van der Waals surface area contributed by atoms with E-state index in [0.29, 0.717) is 37.4 Å². The van der Waals surface area contributed by atoms with Crippen LogP contribution in [0.25, 0.3) is 0 Å². The molecule has 1 aliphatic heterocycles. The van der Waals surface area contributed by atoms with Crippen molar-refractivity contribution in [1.29, 1.82) is 0 Å². The molecule has 2 aliphatic rings. The lowest BCUT2D eigenvalue weighted by molar-refractivity contribution is -0.157. The number of halogens is 1. The Bertz CT molecular complexity index is 852. The molecule has 1 saturated carbocycles. The van der Waals surface area contributed by atoms with Crippen LogP contribution in [0.3, 0.4) is 0 Å². The van der Waals surface area contributed by atoms with Crippen molar-refractivity contribution in [3.63, 3.8) is 0 Å². The summed E-state index contributed by atoms with van der Waals surface area (Å²) in [5, 5.41) is 15.1. The van der Waals surface area contributed by atoms with Crippen LogP contribution in [0.15, 0.2) is 24.3 Å². The van der Waals surface area contributed by atoms with E-state index in [1.165, 1.54) is 0 Å². The first-order valence-corrected chi connectivity index (χ1v) is 11.4. The second-order valence-corrected chi connectivity index (χ2v) is 10.4. The van der Waals surface area contributed by atoms with Gasteiger partial charge in [0.25, 0.3) is 0 Å². The molecule has 1 aliphatic carbocycles. The second kappa shape index (κ2) is 8.91. The van der Waals surface area contributed by atoms with Crippen molar-refractivity contribution in [1.82, 2.24) is 10.2 Å². The van der Waals surface area contributed by atoms with E-state index < -0.39 is 17.1 Å². The maximum atomic E-state index is 13.4. The van der Waals surface area contributed by atoms with Gasteiger partial charge >= 0.3 is 0 Å². The van der Waals surface area contributed by atoms with Gasteiger partial charge < -0.3 is 15.3 Å². The molecule has 7 heteroatoms. The van der Waals surface area contributed by atoms with Gasteiger partial charge in [0.2, 0.25) is 11.8 Å². The number of Topliss-reactive ketones (excluding diaryl/α,β-unsaturated/α-hetero) is 1. The lowest BCUT2D eigenvalue weighted by Crippen LogP contribution is -2.60. The standard InChI is InChI=1S/C24H33ClN2O4/c1-15(2)20(26-21(29)16-5-10-19(28)13-16)22(30)27-12-11-24(31,23(3,4)14-27)17-6-8-18(25)9-7-17/h6-9,15-16,20,31H,5,10-14H2,1-4H3,(H,26,29)/t16-,20?,24?/m1/s1. The van der Waals surface area contributed by atoms with Gasteiger partial charge in [0.1, 0.15) is 11.8 Å². The van der Waals surface area contributed by atoms with Crippen molar-refractivity contribution in [3.8, 4) is 0 Å². The Balaban J connectivity index is 1.73. The Hall–Kier alpha value is -1.92. The predicted molar refractivity (Wildman–Crippen MR) is 119 cm³/mol. The summed E-state index contributed by atoms with van der Waals surface area (Å²) < 4.78 is 0. The summed E-state index contributed by atoms with van der Waals surface area (Å²) in [4.78, 5) is 39.3. The molecular formula is C24H33ClN2O4. The van der Waals surface area contributed by atoms with Gasteiger partial charge in [-0.2, -0.15) is 0 Å². The molecule has 2 fully saturated rings. The quantitative estimate of drug-likeness (QED) is 0.723. The Kier molecular flexibility index (Phi) is 6.82. The number of amides is 2. The maximum absolute atomic E-state index is 13.4. The molecule has 1 aromatic rings. The molecule has 3 atom stereocenters. The van der Waals surface area contributed by atoms with Crippen molar-refractivity contribution >= 4 is 29.2 Å².